The van der Waals surface area contributed by atoms with E-state index in [4.69, 9.17) is 0 Å². The Morgan fingerprint density at radius 2 is 1.73 bits per heavy atom. The van der Waals surface area contributed by atoms with Crippen LogP contribution in [0, 0.1) is 23.0 Å². The highest BCUT2D eigenvalue weighted by molar-refractivity contribution is 7.81. The Hall–Kier alpha value is -5.92. The number of carbonyl (C=O) groups excluding carboxylic acids is 3. The fourth-order valence-corrected chi connectivity index (χ4v) is 8.61. The summed E-state index contributed by atoms with van der Waals surface area (Å²) in [6, 6.07) is 18.9. The molecule has 0 bridgehead atoms. The number of alkyl halides is 3. The maximum Gasteiger partial charge on any atom is 0.417 e. The van der Waals surface area contributed by atoms with Crippen molar-refractivity contribution < 1.29 is 36.3 Å². The molecule has 7 rings (SSSR count). The monoisotopic (exact) mass is 829 g/mol. The predicted molar refractivity (Wildman–Crippen MR) is 217 cm³/mol. The van der Waals surface area contributed by atoms with E-state index in [1.165, 1.54) is 55.1 Å². The Kier molecular flexibility index (Phi) is 11.2. The molecule has 2 aliphatic heterocycles. The number of aromatic amines is 1. The zero-order valence-electron chi connectivity index (χ0n) is 32.3. The summed E-state index contributed by atoms with van der Waals surface area (Å²) in [6.07, 6.45) is -3.35. The van der Waals surface area contributed by atoms with Crippen LogP contribution in [0.3, 0.4) is 0 Å². The van der Waals surface area contributed by atoms with E-state index in [-0.39, 0.29) is 35.0 Å². The molecule has 5 aromatic rings. The third-order valence-electron chi connectivity index (χ3n) is 10.9. The van der Waals surface area contributed by atoms with E-state index in [2.05, 4.69) is 28.2 Å². The first kappa shape index (κ1) is 41.2. The zero-order chi connectivity index (χ0) is 42.4. The van der Waals surface area contributed by atoms with Crippen molar-refractivity contribution in [2.75, 3.05) is 36.5 Å². The number of benzene rings is 4. The first-order valence-electron chi connectivity index (χ1n) is 18.9. The smallest absolute Gasteiger partial charge is 0.354 e. The first-order chi connectivity index (χ1) is 28.0. The van der Waals surface area contributed by atoms with Crippen molar-refractivity contribution in [3.05, 3.63) is 118 Å². The van der Waals surface area contributed by atoms with Crippen LogP contribution in [-0.2, 0) is 23.9 Å². The van der Waals surface area contributed by atoms with E-state index in [9.17, 15) is 37.2 Å². The van der Waals surface area contributed by atoms with Gasteiger partial charge < -0.3 is 25.4 Å². The summed E-state index contributed by atoms with van der Waals surface area (Å²) in [6.45, 7) is 4.68. The molecule has 1 atom stereocenters. The SMILES string of the molecule is CNCc1ccc(-c2[nH]c3cc(F)cc4c3c2CCN(CCCCNC(=O)c2ccc(N3C(S)N(c5ccc(C#N)c(C(F)(F)F)c5)C(=O)C3(C)C)cc2F)C4=O)cc1. The fraction of sp³-hybridized carbons (Fsp3) is 0.302. The summed E-state index contributed by atoms with van der Waals surface area (Å²) >= 11 is 4.54. The molecule has 1 unspecified atom stereocenters. The van der Waals surface area contributed by atoms with Crippen LogP contribution in [0.1, 0.15) is 69.7 Å². The third-order valence-corrected chi connectivity index (χ3v) is 11.3. The molecule has 0 aliphatic carbocycles. The normalized spacial score (nSPS) is 16.5. The van der Waals surface area contributed by atoms with Crippen molar-refractivity contribution in [2.24, 2.45) is 0 Å². The molecule has 0 radical (unpaired) electrons. The summed E-state index contributed by atoms with van der Waals surface area (Å²) in [5, 5.41) is 15.7. The van der Waals surface area contributed by atoms with Gasteiger partial charge in [0.2, 0.25) is 0 Å². The molecular formula is C43H40F5N7O3S. The Balaban J connectivity index is 0.980. The summed E-state index contributed by atoms with van der Waals surface area (Å²) in [5.74, 6) is -3.01. The van der Waals surface area contributed by atoms with Crippen molar-refractivity contribution in [1.29, 1.82) is 5.26 Å². The molecule has 0 spiro atoms. The topological polar surface area (TPSA) is 125 Å². The predicted octanol–water partition coefficient (Wildman–Crippen LogP) is 7.78. The Labute approximate surface area is 342 Å². The lowest BCUT2D eigenvalue weighted by molar-refractivity contribution is -0.137. The second-order valence-electron chi connectivity index (χ2n) is 15.0. The summed E-state index contributed by atoms with van der Waals surface area (Å²) in [5.41, 5.74) is 0.0532. The van der Waals surface area contributed by atoms with Crippen LogP contribution in [0.5, 0.6) is 0 Å². The highest BCUT2D eigenvalue weighted by Crippen LogP contribution is 2.43. The molecule has 0 saturated carbocycles. The van der Waals surface area contributed by atoms with Gasteiger partial charge in [0.25, 0.3) is 17.7 Å². The Morgan fingerprint density at radius 3 is 2.41 bits per heavy atom. The van der Waals surface area contributed by atoms with Crippen LogP contribution >= 0.6 is 12.6 Å². The van der Waals surface area contributed by atoms with Crippen LogP contribution < -0.4 is 20.4 Å². The summed E-state index contributed by atoms with van der Waals surface area (Å²) in [4.78, 5) is 47.9. The number of halogens is 5. The molecule has 4 aromatic carbocycles. The van der Waals surface area contributed by atoms with E-state index in [0.29, 0.717) is 49.3 Å². The second kappa shape index (κ2) is 16.0. The molecule has 59 heavy (non-hydrogen) atoms. The number of thiol groups is 1. The number of nitriles is 1. The lowest BCUT2D eigenvalue weighted by Gasteiger charge is -2.33. The molecule has 306 valence electrons. The molecule has 3 heterocycles. The molecule has 2 aliphatic rings. The minimum Gasteiger partial charge on any atom is -0.354 e. The number of H-pyrrole nitrogens is 1. The summed E-state index contributed by atoms with van der Waals surface area (Å²) in [7, 11) is 1.87. The van der Waals surface area contributed by atoms with Gasteiger partial charge in [0, 0.05) is 54.2 Å². The van der Waals surface area contributed by atoms with Gasteiger partial charge in [-0.25, -0.2) is 8.78 Å². The van der Waals surface area contributed by atoms with Gasteiger partial charge in [-0.2, -0.15) is 18.4 Å². The van der Waals surface area contributed by atoms with E-state index >= 15 is 4.39 Å². The average Bonchev–Trinajstić information content (AvgIpc) is 3.58. The minimum absolute atomic E-state index is 0.147. The van der Waals surface area contributed by atoms with E-state index in [1.54, 1.807) is 4.90 Å². The number of carbonyl (C=O) groups is 3. The number of hydrogen-bond donors (Lipinski definition) is 4. The standard InChI is InChI=1S/C43H40F5N7O3S/c1-42(2)40(58)54(28-11-10-26(22-49)33(20-28)43(46,47)48)41(59)55(42)29-12-13-30(34(45)21-29)38(56)51-15-4-5-16-53-17-14-31-36-32(39(53)57)18-27(44)19-35(36)52-37(31)25-8-6-24(7-9-25)23-50-3/h6-13,18-21,41,50,52,59H,4-5,14-17,23H2,1-3H3,(H,51,56). The maximum absolute atomic E-state index is 15.6. The van der Waals surface area contributed by atoms with Crippen molar-refractivity contribution in [2.45, 2.75) is 56.9 Å². The fourth-order valence-electron chi connectivity index (χ4n) is 7.95. The number of anilines is 2. The quantitative estimate of drug-likeness (QED) is 0.0613. The third kappa shape index (κ3) is 7.72. The van der Waals surface area contributed by atoms with Crippen molar-refractivity contribution in [1.82, 2.24) is 20.5 Å². The van der Waals surface area contributed by atoms with Crippen molar-refractivity contribution in [3.8, 4) is 17.3 Å². The summed E-state index contributed by atoms with van der Waals surface area (Å²) < 4.78 is 71.6. The number of unbranched alkanes of at least 4 members (excludes halogenated alkanes) is 1. The largest absolute Gasteiger partial charge is 0.417 e. The van der Waals surface area contributed by atoms with Gasteiger partial charge in [0.1, 0.15) is 17.2 Å². The molecule has 10 nitrogen and oxygen atoms in total. The number of aromatic nitrogens is 1. The highest BCUT2D eigenvalue weighted by atomic mass is 32.1. The second-order valence-corrected chi connectivity index (χ2v) is 15.5. The van der Waals surface area contributed by atoms with Gasteiger partial charge in [-0.1, -0.05) is 24.3 Å². The first-order valence-corrected chi connectivity index (χ1v) is 19.4. The van der Waals surface area contributed by atoms with Gasteiger partial charge in [0.05, 0.1) is 28.3 Å². The molecule has 1 fully saturated rings. The highest BCUT2D eigenvalue weighted by Gasteiger charge is 2.52. The number of nitrogens with one attached hydrogen (secondary N) is 3. The zero-order valence-corrected chi connectivity index (χ0v) is 33.2. The van der Waals surface area contributed by atoms with Crippen LogP contribution in [0.15, 0.2) is 72.8 Å². The Bertz CT molecular complexity index is 2510. The molecule has 1 aromatic heterocycles. The van der Waals surface area contributed by atoms with E-state index in [0.717, 1.165) is 46.0 Å². The van der Waals surface area contributed by atoms with Crippen LogP contribution in [0.25, 0.3) is 22.2 Å². The van der Waals surface area contributed by atoms with E-state index in [1.807, 2.05) is 31.3 Å². The number of rotatable bonds is 11. The van der Waals surface area contributed by atoms with Crippen LogP contribution in [0.2, 0.25) is 0 Å². The molecule has 3 N–H and O–H groups in total. The minimum atomic E-state index is -4.85. The van der Waals surface area contributed by atoms with Gasteiger partial charge in [-0.05, 0) is 105 Å². The van der Waals surface area contributed by atoms with Gasteiger partial charge in [-0.15, -0.1) is 12.6 Å². The molecule has 3 amide bonds. The number of amides is 3. The Morgan fingerprint density at radius 1 is 1.00 bits per heavy atom. The lowest BCUT2D eigenvalue weighted by atomic mass is 9.99. The number of hydrogen-bond acceptors (Lipinski definition) is 7. The van der Waals surface area contributed by atoms with E-state index < -0.39 is 51.8 Å². The van der Waals surface area contributed by atoms with Crippen LogP contribution in [-0.4, -0.2) is 65.3 Å². The molecule has 16 heteroatoms. The molecule has 1 saturated heterocycles. The average molecular weight is 830 g/mol. The van der Waals surface area contributed by atoms with Gasteiger partial charge >= 0.3 is 6.18 Å². The van der Waals surface area contributed by atoms with Crippen LogP contribution in [0.4, 0.5) is 33.3 Å². The van der Waals surface area contributed by atoms with Crippen molar-refractivity contribution >= 4 is 52.6 Å². The lowest BCUT2D eigenvalue weighted by Crippen LogP contribution is -2.45. The van der Waals surface area contributed by atoms with Crippen molar-refractivity contribution in [3.63, 3.8) is 0 Å². The molecular weight excluding hydrogens is 790 g/mol. The number of nitrogens with zero attached hydrogens (tertiary/aromatic N) is 4. The maximum atomic E-state index is 15.6. The van der Waals surface area contributed by atoms with Gasteiger partial charge in [-0.3, -0.25) is 19.3 Å². The van der Waals surface area contributed by atoms with Gasteiger partial charge in [0.15, 0.2) is 5.50 Å².